The molecule has 2 aromatic rings. The zero-order valence-corrected chi connectivity index (χ0v) is 11.5. The van der Waals surface area contributed by atoms with Gasteiger partial charge in [-0.2, -0.15) is 0 Å². The van der Waals surface area contributed by atoms with E-state index in [9.17, 15) is 0 Å². The van der Waals surface area contributed by atoms with Crippen molar-refractivity contribution < 1.29 is 4.42 Å². The number of furan rings is 1. The maximum atomic E-state index is 5.61. The summed E-state index contributed by atoms with van der Waals surface area (Å²) < 4.78 is 5.61. The van der Waals surface area contributed by atoms with Crippen molar-refractivity contribution in [3.63, 3.8) is 0 Å². The number of benzene rings is 1. The summed E-state index contributed by atoms with van der Waals surface area (Å²) in [6, 6.07) is 11.6. The Morgan fingerprint density at radius 2 is 1.95 bits per heavy atom. The molecule has 1 N–H and O–H groups in total. The van der Waals surface area contributed by atoms with Crippen LogP contribution in [0.3, 0.4) is 0 Å². The van der Waals surface area contributed by atoms with E-state index in [1.165, 1.54) is 36.0 Å². The van der Waals surface area contributed by atoms with E-state index >= 15 is 0 Å². The van der Waals surface area contributed by atoms with Gasteiger partial charge >= 0.3 is 0 Å². The van der Waals surface area contributed by atoms with E-state index in [2.05, 4.69) is 42.6 Å². The second kappa shape index (κ2) is 5.62. The minimum atomic E-state index is 0.713. The van der Waals surface area contributed by atoms with Crippen LogP contribution in [0.4, 0.5) is 0 Å². The third-order valence-corrected chi connectivity index (χ3v) is 3.68. The molecule has 1 fully saturated rings. The molecule has 1 heterocycles. The molecule has 1 aliphatic rings. The summed E-state index contributed by atoms with van der Waals surface area (Å²) in [4.78, 5) is 0. The normalized spacial score (nSPS) is 14.8. The van der Waals surface area contributed by atoms with E-state index in [1.807, 2.05) is 0 Å². The van der Waals surface area contributed by atoms with Crippen LogP contribution in [-0.4, -0.2) is 6.04 Å². The lowest BCUT2D eigenvalue weighted by Gasteiger charge is -2.05. The number of hydrogen-bond acceptors (Lipinski definition) is 2. The molecule has 2 nitrogen and oxygen atoms in total. The summed E-state index contributed by atoms with van der Waals surface area (Å²) in [5.74, 6) is 1.05. The van der Waals surface area contributed by atoms with Gasteiger partial charge in [0, 0.05) is 11.6 Å². The predicted molar refractivity (Wildman–Crippen MR) is 78.0 cm³/mol. The summed E-state index contributed by atoms with van der Waals surface area (Å²) in [5.41, 5.74) is 3.88. The highest BCUT2D eigenvalue weighted by Crippen LogP contribution is 2.27. The van der Waals surface area contributed by atoms with Crippen LogP contribution in [0.15, 0.2) is 41.0 Å². The second-order valence-corrected chi connectivity index (χ2v) is 5.36. The third kappa shape index (κ3) is 3.07. The number of hydrogen-bond donors (Lipinski definition) is 1. The van der Waals surface area contributed by atoms with Gasteiger partial charge in [0.1, 0.15) is 5.76 Å². The Hall–Kier alpha value is -1.54. The third-order valence-electron chi connectivity index (χ3n) is 3.68. The molecule has 0 radical (unpaired) electrons. The molecule has 1 aromatic carbocycles. The fourth-order valence-corrected chi connectivity index (χ4v) is 2.40. The minimum absolute atomic E-state index is 0.713. The average Bonchev–Trinajstić information content (AvgIpc) is 3.15. The first kappa shape index (κ1) is 12.5. The van der Waals surface area contributed by atoms with Crippen LogP contribution >= 0.6 is 0 Å². The smallest absolute Gasteiger partial charge is 0.125 e. The Morgan fingerprint density at radius 3 is 2.63 bits per heavy atom. The Morgan fingerprint density at radius 1 is 1.16 bits per heavy atom. The molecule has 0 amide bonds. The Labute approximate surface area is 114 Å². The number of nitrogens with one attached hydrogen (secondary N) is 1. The van der Waals surface area contributed by atoms with Gasteiger partial charge in [0.15, 0.2) is 0 Å². The lowest BCUT2D eigenvalue weighted by molar-refractivity contribution is 0.483. The summed E-state index contributed by atoms with van der Waals surface area (Å²) in [6.07, 6.45) is 6.76. The van der Waals surface area contributed by atoms with Crippen molar-refractivity contribution in [1.82, 2.24) is 5.32 Å². The largest absolute Gasteiger partial charge is 0.467 e. The van der Waals surface area contributed by atoms with Gasteiger partial charge in [0.25, 0.3) is 0 Å². The van der Waals surface area contributed by atoms with E-state index in [0.29, 0.717) is 6.04 Å². The van der Waals surface area contributed by atoms with Crippen LogP contribution in [-0.2, 0) is 13.0 Å². The van der Waals surface area contributed by atoms with Gasteiger partial charge in [-0.25, -0.2) is 0 Å². The molecule has 0 unspecified atom stereocenters. The first-order valence-corrected chi connectivity index (χ1v) is 7.26. The summed E-state index contributed by atoms with van der Waals surface area (Å²) in [5, 5.41) is 3.51. The fourth-order valence-electron chi connectivity index (χ4n) is 2.40. The maximum absolute atomic E-state index is 5.61. The first-order valence-electron chi connectivity index (χ1n) is 7.26. The zero-order chi connectivity index (χ0) is 13.1. The maximum Gasteiger partial charge on any atom is 0.125 e. The zero-order valence-electron chi connectivity index (χ0n) is 11.5. The SMILES string of the molecule is CCCc1ccc(-c2ccoc2CNC2CC2)cc1. The minimum Gasteiger partial charge on any atom is -0.467 e. The molecule has 0 atom stereocenters. The van der Waals surface area contributed by atoms with Crippen molar-refractivity contribution in [3.8, 4) is 11.1 Å². The van der Waals surface area contributed by atoms with Gasteiger partial charge in [0.2, 0.25) is 0 Å². The highest BCUT2D eigenvalue weighted by molar-refractivity contribution is 5.65. The summed E-state index contributed by atoms with van der Waals surface area (Å²) in [6.45, 7) is 3.05. The van der Waals surface area contributed by atoms with Crippen LogP contribution in [0.25, 0.3) is 11.1 Å². The van der Waals surface area contributed by atoms with Crippen LogP contribution in [0, 0.1) is 0 Å². The Bertz CT molecular complexity index is 522. The fraction of sp³-hybridized carbons (Fsp3) is 0.412. The standard InChI is InChI=1S/C17H21NO/c1-2-3-13-4-6-14(7-5-13)16-10-11-19-17(16)12-18-15-8-9-15/h4-7,10-11,15,18H,2-3,8-9,12H2,1H3. The lowest BCUT2D eigenvalue weighted by Crippen LogP contribution is -2.15. The van der Waals surface area contributed by atoms with Crippen molar-refractivity contribution in [2.24, 2.45) is 0 Å². The molecule has 1 saturated carbocycles. The van der Waals surface area contributed by atoms with Gasteiger partial charge in [-0.15, -0.1) is 0 Å². The molecule has 19 heavy (non-hydrogen) atoms. The van der Waals surface area contributed by atoms with E-state index in [-0.39, 0.29) is 0 Å². The van der Waals surface area contributed by atoms with Gasteiger partial charge in [-0.3, -0.25) is 0 Å². The van der Waals surface area contributed by atoms with Crippen molar-refractivity contribution in [1.29, 1.82) is 0 Å². The summed E-state index contributed by atoms with van der Waals surface area (Å²) >= 11 is 0. The molecule has 0 bridgehead atoms. The average molecular weight is 255 g/mol. The Kier molecular flexibility index (Phi) is 3.69. The highest BCUT2D eigenvalue weighted by atomic mass is 16.3. The van der Waals surface area contributed by atoms with E-state index < -0.39 is 0 Å². The molecule has 0 saturated heterocycles. The molecule has 2 heteroatoms. The predicted octanol–water partition coefficient (Wildman–Crippen LogP) is 4.15. The molecule has 3 rings (SSSR count). The van der Waals surface area contributed by atoms with Crippen LogP contribution in [0.5, 0.6) is 0 Å². The van der Waals surface area contributed by atoms with E-state index in [4.69, 9.17) is 4.42 Å². The van der Waals surface area contributed by atoms with Crippen LogP contribution in [0.2, 0.25) is 0 Å². The van der Waals surface area contributed by atoms with E-state index in [0.717, 1.165) is 18.7 Å². The monoisotopic (exact) mass is 255 g/mol. The van der Waals surface area contributed by atoms with Gasteiger partial charge < -0.3 is 9.73 Å². The molecular weight excluding hydrogens is 234 g/mol. The molecule has 1 aliphatic carbocycles. The van der Waals surface area contributed by atoms with Crippen LogP contribution < -0.4 is 5.32 Å². The van der Waals surface area contributed by atoms with Crippen molar-refractivity contribution in [3.05, 3.63) is 47.9 Å². The molecule has 100 valence electrons. The lowest BCUT2D eigenvalue weighted by atomic mass is 10.0. The molecule has 1 aromatic heterocycles. The molecular formula is C17H21NO. The van der Waals surface area contributed by atoms with Gasteiger partial charge in [0.05, 0.1) is 12.8 Å². The quantitative estimate of drug-likeness (QED) is 0.838. The molecule has 0 spiro atoms. The highest BCUT2D eigenvalue weighted by Gasteiger charge is 2.21. The Balaban J connectivity index is 1.74. The van der Waals surface area contributed by atoms with Gasteiger partial charge in [-0.1, -0.05) is 37.6 Å². The molecule has 0 aliphatic heterocycles. The van der Waals surface area contributed by atoms with Crippen molar-refractivity contribution in [2.45, 2.75) is 45.2 Å². The van der Waals surface area contributed by atoms with Crippen molar-refractivity contribution >= 4 is 0 Å². The van der Waals surface area contributed by atoms with Crippen LogP contribution in [0.1, 0.15) is 37.5 Å². The van der Waals surface area contributed by atoms with E-state index in [1.54, 1.807) is 6.26 Å². The van der Waals surface area contributed by atoms with Crippen molar-refractivity contribution in [2.75, 3.05) is 0 Å². The number of rotatable bonds is 6. The second-order valence-electron chi connectivity index (χ2n) is 5.36. The van der Waals surface area contributed by atoms with Gasteiger partial charge in [-0.05, 0) is 36.5 Å². The topological polar surface area (TPSA) is 25.2 Å². The number of aryl methyl sites for hydroxylation is 1. The first-order chi connectivity index (χ1) is 9.36. The summed E-state index contributed by atoms with van der Waals surface area (Å²) in [7, 11) is 0.